The Morgan fingerprint density at radius 3 is 2.71 bits per heavy atom. The first kappa shape index (κ1) is 26.4. The van der Waals surface area contributed by atoms with Crippen LogP contribution in [-0.4, -0.2) is 44.6 Å². The van der Waals surface area contributed by atoms with E-state index >= 15 is 0 Å². The van der Waals surface area contributed by atoms with Gasteiger partial charge in [0.25, 0.3) is 0 Å². The minimum absolute atomic E-state index is 0.102. The van der Waals surface area contributed by atoms with Crippen LogP contribution < -0.4 is 5.76 Å². The molecular formula is C26H40N2O6. The van der Waals surface area contributed by atoms with E-state index in [0.29, 0.717) is 12.3 Å². The van der Waals surface area contributed by atoms with Crippen LogP contribution in [-0.2, 0) is 16.0 Å². The number of carbonyl (C=O) groups is 1. The zero-order valence-corrected chi connectivity index (χ0v) is 21.0. The molecule has 2 aliphatic rings. The van der Waals surface area contributed by atoms with Crippen LogP contribution in [0, 0.1) is 29.1 Å². The predicted molar refractivity (Wildman–Crippen MR) is 128 cm³/mol. The molecule has 0 bridgehead atoms. The van der Waals surface area contributed by atoms with Crippen molar-refractivity contribution in [3.05, 3.63) is 40.2 Å². The number of H-pyrrole nitrogens is 1. The fourth-order valence-corrected chi connectivity index (χ4v) is 5.13. The summed E-state index contributed by atoms with van der Waals surface area (Å²) in [6.45, 7) is 10.2. The van der Waals surface area contributed by atoms with Crippen LogP contribution in [0.4, 0.5) is 0 Å². The first-order chi connectivity index (χ1) is 16.0. The van der Waals surface area contributed by atoms with Crippen molar-refractivity contribution in [1.82, 2.24) is 10.1 Å². The summed E-state index contributed by atoms with van der Waals surface area (Å²) in [4.78, 5) is 26.4. The average molecular weight is 477 g/mol. The van der Waals surface area contributed by atoms with E-state index in [-0.39, 0.29) is 48.5 Å². The van der Waals surface area contributed by atoms with E-state index < -0.39 is 23.4 Å². The van der Waals surface area contributed by atoms with E-state index in [9.17, 15) is 19.8 Å². The highest BCUT2D eigenvalue weighted by Crippen LogP contribution is 2.45. The molecule has 0 spiro atoms. The van der Waals surface area contributed by atoms with Crippen LogP contribution in [0.25, 0.3) is 0 Å². The number of aliphatic hydroxyl groups excluding tert-OH is 2. The summed E-state index contributed by atoms with van der Waals surface area (Å²) >= 11 is 0. The SMILES string of the molecule is CCC(C)(C)C(=O)O[C@H]1C[C@@H](C)C=C2C=C[C@H](C)[C@H](CC[C@@H](O)C[C@@H](O)Cc3noc(=O)[nH]3)[C@H]21. The van der Waals surface area contributed by atoms with Gasteiger partial charge in [-0.3, -0.25) is 14.3 Å². The highest BCUT2D eigenvalue weighted by atomic mass is 16.5. The van der Waals surface area contributed by atoms with Gasteiger partial charge >= 0.3 is 11.7 Å². The number of aromatic amines is 1. The third kappa shape index (κ3) is 6.48. The number of carbonyl (C=O) groups excluding carboxylic acids is 1. The molecule has 0 amide bonds. The zero-order chi connectivity index (χ0) is 25.0. The molecule has 0 aliphatic heterocycles. The minimum atomic E-state index is -0.838. The third-order valence-electron chi connectivity index (χ3n) is 7.58. The number of hydrogen-bond donors (Lipinski definition) is 3. The van der Waals surface area contributed by atoms with Crippen molar-refractivity contribution in [3.8, 4) is 0 Å². The number of esters is 1. The van der Waals surface area contributed by atoms with Crippen molar-refractivity contribution in [3.63, 3.8) is 0 Å². The van der Waals surface area contributed by atoms with Crippen molar-refractivity contribution in [2.45, 2.75) is 91.5 Å². The van der Waals surface area contributed by atoms with Crippen LogP contribution in [0.1, 0.15) is 72.5 Å². The molecule has 1 heterocycles. The lowest BCUT2D eigenvalue weighted by molar-refractivity contribution is -0.164. The summed E-state index contributed by atoms with van der Waals surface area (Å²) in [6, 6.07) is 0. The summed E-state index contributed by atoms with van der Waals surface area (Å²) in [5, 5.41) is 24.5. The quantitative estimate of drug-likeness (QED) is 0.441. The van der Waals surface area contributed by atoms with Crippen LogP contribution in [0.5, 0.6) is 0 Å². The number of fused-ring (bicyclic) bond motifs is 1. The van der Waals surface area contributed by atoms with E-state index in [2.05, 4.69) is 46.7 Å². The summed E-state index contributed by atoms with van der Waals surface area (Å²) in [6.07, 6.45) is 8.05. The van der Waals surface area contributed by atoms with Gasteiger partial charge in [-0.05, 0) is 69.3 Å². The minimum Gasteiger partial charge on any atom is -0.461 e. The molecule has 34 heavy (non-hydrogen) atoms. The highest BCUT2D eigenvalue weighted by Gasteiger charge is 2.42. The Kier molecular flexibility index (Phi) is 8.57. The van der Waals surface area contributed by atoms with Crippen LogP contribution in [0.3, 0.4) is 0 Å². The van der Waals surface area contributed by atoms with Gasteiger partial charge in [0.2, 0.25) is 0 Å². The van der Waals surface area contributed by atoms with Gasteiger partial charge in [0.1, 0.15) is 6.10 Å². The Hall–Kier alpha value is -2.19. The van der Waals surface area contributed by atoms with Gasteiger partial charge in [0, 0.05) is 12.3 Å². The number of ether oxygens (including phenoxy) is 1. The zero-order valence-electron chi connectivity index (χ0n) is 21.0. The second kappa shape index (κ2) is 11.0. The van der Waals surface area contributed by atoms with Gasteiger partial charge in [0.05, 0.1) is 17.6 Å². The molecule has 3 N–H and O–H groups in total. The Bertz CT molecular complexity index is 945. The number of rotatable bonds is 10. The number of aromatic nitrogens is 2. The van der Waals surface area contributed by atoms with Crippen molar-refractivity contribution >= 4 is 5.97 Å². The van der Waals surface area contributed by atoms with E-state index in [1.165, 1.54) is 5.57 Å². The molecule has 8 nitrogen and oxygen atoms in total. The molecule has 0 fully saturated rings. The van der Waals surface area contributed by atoms with Gasteiger partial charge in [-0.1, -0.05) is 44.2 Å². The summed E-state index contributed by atoms with van der Waals surface area (Å²) in [5.74, 6) is 0.398. The van der Waals surface area contributed by atoms with E-state index in [0.717, 1.165) is 19.3 Å². The van der Waals surface area contributed by atoms with Crippen molar-refractivity contribution in [2.24, 2.45) is 29.1 Å². The standard InChI is InChI=1S/C26H40N2O6/c1-6-26(4,5)24(31)33-21-12-15(2)11-17-8-7-16(3)20(23(17)21)10-9-18(29)13-19(30)14-22-27-25(32)34-28-22/h7-8,11,15-16,18-21,23,29-30H,6,9-10,12-14H2,1-5H3,(H,27,28,32)/t15-,16-,18+,19+,20-,21-,23-/m0/s1. The van der Waals surface area contributed by atoms with Gasteiger partial charge < -0.3 is 14.9 Å². The molecule has 0 radical (unpaired) electrons. The van der Waals surface area contributed by atoms with Gasteiger partial charge in [-0.15, -0.1) is 0 Å². The summed E-state index contributed by atoms with van der Waals surface area (Å²) in [7, 11) is 0. The van der Waals surface area contributed by atoms with Gasteiger partial charge in [0.15, 0.2) is 5.82 Å². The largest absolute Gasteiger partial charge is 0.461 e. The molecule has 7 atom stereocenters. The van der Waals surface area contributed by atoms with Crippen molar-refractivity contribution in [1.29, 1.82) is 0 Å². The van der Waals surface area contributed by atoms with Gasteiger partial charge in [-0.25, -0.2) is 4.79 Å². The number of aliphatic hydroxyl groups is 2. The lowest BCUT2D eigenvalue weighted by atomic mass is 9.65. The number of nitrogens with zero attached hydrogens (tertiary/aromatic N) is 1. The number of allylic oxidation sites excluding steroid dienone is 3. The van der Waals surface area contributed by atoms with Crippen molar-refractivity contribution < 1.29 is 24.3 Å². The second-order valence-electron chi connectivity index (χ2n) is 10.8. The highest BCUT2D eigenvalue weighted by molar-refractivity contribution is 5.76. The van der Waals surface area contributed by atoms with Crippen molar-refractivity contribution in [2.75, 3.05) is 0 Å². The van der Waals surface area contributed by atoms with Gasteiger partial charge in [-0.2, -0.15) is 0 Å². The fraction of sp³-hybridized carbons (Fsp3) is 0.731. The molecular weight excluding hydrogens is 436 g/mol. The lowest BCUT2D eigenvalue weighted by Gasteiger charge is -2.44. The van der Waals surface area contributed by atoms with E-state index in [1.54, 1.807) is 0 Å². The third-order valence-corrected chi connectivity index (χ3v) is 7.58. The Labute approximate surface area is 201 Å². The molecule has 0 saturated carbocycles. The maximum atomic E-state index is 12.9. The predicted octanol–water partition coefficient (Wildman–Crippen LogP) is 3.55. The van der Waals surface area contributed by atoms with E-state index in [4.69, 9.17) is 4.74 Å². The van der Waals surface area contributed by atoms with Crippen LogP contribution in [0.15, 0.2) is 33.1 Å². The first-order valence-corrected chi connectivity index (χ1v) is 12.5. The summed E-state index contributed by atoms with van der Waals surface area (Å²) < 4.78 is 10.6. The molecule has 8 heteroatoms. The van der Waals surface area contributed by atoms with Crippen LogP contribution in [0.2, 0.25) is 0 Å². The molecule has 0 unspecified atom stereocenters. The smallest absolute Gasteiger partial charge is 0.438 e. The lowest BCUT2D eigenvalue weighted by Crippen LogP contribution is -2.43. The molecule has 1 aromatic rings. The molecule has 3 rings (SSSR count). The Balaban J connectivity index is 1.65. The molecule has 0 aromatic carbocycles. The molecule has 190 valence electrons. The summed E-state index contributed by atoms with van der Waals surface area (Å²) in [5.41, 5.74) is 0.704. The Morgan fingerprint density at radius 2 is 2.06 bits per heavy atom. The second-order valence-corrected chi connectivity index (χ2v) is 10.8. The van der Waals surface area contributed by atoms with E-state index in [1.807, 2.05) is 20.8 Å². The maximum Gasteiger partial charge on any atom is 0.438 e. The normalized spacial score (nSPS) is 28.7. The fourth-order valence-electron chi connectivity index (χ4n) is 5.13. The number of hydrogen-bond acceptors (Lipinski definition) is 7. The molecule has 0 saturated heterocycles. The monoisotopic (exact) mass is 476 g/mol. The topological polar surface area (TPSA) is 126 Å². The van der Waals surface area contributed by atoms with Crippen LogP contribution >= 0.6 is 0 Å². The maximum absolute atomic E-state index is 12.9. The Morgan fingerprint density at radius 1 is 1.32 bits per heavy atom. The first-order valence-electron chi connectivity index (χ1n) is 12.5. The molecule has 1 aromatic heterocycles. The average Bonchev–Trinajstić information content (AvgIpc) is 3.17. The molecule has 2 aliphatic carbocycles. The number of nitrogens with one attached hydrogen (secondary N) is 1.